The van der Waals surface area contributed by atoms with Crippen molar-refractivity contribution < 1.29 is 22.7 Å². The minimum absolute atomic E-state index is 0.140. The fraction of sp³-hybridized carbons (Fsp3) is 0.500. The number of aromatic nitrogens is 1. The van der Waals surface area contributed by atoms with E-state index in [-0.39, 0.29) is 17.8 Å². The number of amides is 1. The summed E-state index contributed by atoms with van der Waals surface area (Å²) in [7, 11) is 0. The highest BCUT2D eigenvalue weighted by molar-refractivity contribution is 5.94. The lowest BCUT2D eigenvalue weighted by Crippen LogP contribution is -2.35. The van der Waals surface area contributed by atoms with Gasteiger partial charge in [-0.3, -0.25) is 4.79 Å². The third-order valence-electron chi connectivity index (χ3n) is 2.76. The molecule has 0 radical (unpaired) electrons. The number of carbonyl (C=O) groups is 1. The molecule has 1 aromatic rings. The Kier molecular flexibility index (Phi) is 4.43. The fourth-order valence-electron chi connectivity index (χ4n) is 1.83. The quantitative estimate of drug-likeness (QED) is 0.886. The smallest absolute Gasteiger partial charge is 0.422 e. The van der Waals surface area contributed by atoms with E-state index in [0.717, 1.165) is 19.4 Å². The molecular formula is C12H14F3N3O2. The van der Waals surface area contributed by atoms with Gasteiger partial charge in [-0.2, -0.15) is 13.2 Å². The molecule has 20 heavy (non-hydrogen) atoms. The summed E-state index contributed by atoms with van der Waals surface area (Å²) in [5.41, 5.74) is 0.419. The Labute approximate surface area is 113 Å². The van der Waals surface area contributed by atoms with E-state index in [1.165, 1.54) is 18.3 Å². The van der Waals surface area contributed by atoms with Crippen LogP contribution in [0.5, 0.6) is 5.88 Å². The largest absolute Gasteiger partial charge is 0.468 e. The number of nitrogens with zero attached hydrogens (tertiary/aromatic N) is 1. The van der Waals surface area contributed by atoms with Crippen molar-refractivity contribution in [3.8, 4) is 5.88 Å². The molecule has 1 saturated heterocycles. The molecule has 1 aliphatic rings. The van der Waals surface area contributed by atoms with Gasteiger partial charge in [-0.1, -0.05) is 0 Å². The second kappa shape index (κ2) is 6.08. The van der Waals surface area contributed by atoms with Crippen molar-refractivity contribution >= 4 is 11.6 Å². The molecule has 0 aromatic carbocycles. The average molecular weight is 289 g/mol. The zero-order chi connectivity index (χ0) is 14.6. The van der Waals surface area contributed by atoms with Crippen molar-refractivity contribution in [3.63, 3.8) is 0 Å². The Morgan fingerprint density at radius 1 is 1.50 bits per heavy atom. The lowest BCUT2D eigenvalue weighted by molar-refractivity contribution is -0.154. The normalized spacial score (nSPS) is 18.9. The van der Waals surface area contributed by atoms with Crippen molar-refractivity contribution in [3.05, 3.63) is 18.3 Å². The third kappa shape index (κ3) is 4.37. The van der Waals surface area contributed by atoms with Crippen molar-refractivity contribution in [2.45, 2.75) is 25.1 Å². The molecule has 0 aliphatic carbocycles. The van der Waals surface area contributed by atoms with E-state index >= 15 is 0 Å². The Balaban J connectivity index is 1.86. The van der Waals surface area contributed by atoms with E-state index < -0.39 is 12.8 Å². The monoisotopic (exact) mass is 289 g/mol. The average Bonchev–Trinajstić information content (AvgIpc) is 2.91. The van der Waals surface area contributed by atoms with Crippen LogP contribution in [0.1, 0.15) is 12.8 Å². The molecular weight excluding hydrogens is 275 g/mol. The van der Waals surface area contributed by atoms with Crippen LogP contribution in [0, 0.1) is 0 Å². The number of carbonyl (C=O) groups excluding carboxylic acids is 1. The predicted octanol–water partition coefficient (Wildman–Crippen LogP) is 1.71. The maximum atomic E-state index is 11.9. The number of ether oxygens (including phenoxy) is 1. The summed E-state index contributed by atoms with van der Waals surface area (Å²) in [6.45, 7) is -0.585. The summed E-state index contributed by atoms with van der Waals surface area (Å²) in [5, 5.41) is 5.68. The first-order valence-corrected chi connectivity index (χ1v) is 6.14. The van der Waals surface area contributed by atoms with Gasteiger partial charge in [0.25, 0.3) is 0 Å². The summed E-state index contributed by atoms with van der Waals surface area (Å²) in [5.74, 6) is -0.312. The Morgan fingerprint density at radius 2 is 2.30 bits per heavy atom. The minimum Gasteiger partial charge on any atom is -0.468 e. The molecule has 0 spiro atoms. The lowest BCUT2D eigenvalue weighted by Gasteiger charge is -2.11. The molecule has 110 valence electrons. The van der Waals surface area contributed by atoms with Crippen LogP contribution < -0.4 is 15.4 Å². The molecule has 1 unspecified atom stereocenters. The number of alkyl halides is 3. The van der Waals surface area contributed by atoms with E-state index in [1.54, 1.807) is 0 Å². The minimum atomic E-state index is -4.40. The summed E-state index contributed by atoms with van der Waals surface area (Å²) >= 11 is 0. The molecule has 2 N–H and O–H groups in total. The van der Waals surface area contributed by atoms with Gasteiger partial charge in [0, 0.05) is 6.07 Å². The number of nitrogens with one attached hydrogen (secondary N) is 2. The summed E-state index contributed by atoms with van der Waals surface area (Å²) in [6.07, 6.45) is -1.42. The van der Waals surface area contributed by atoms with Crippen LogP contribution in [-0.4, -0.2) is 36.3 Å². The van der Waals surface area contributed by atoms with Crippen LogP contribution in [-0.2, 0) is 4.79 Å². The maximum absolute atomic E-state index is 11.9. The molecule has 1 amide bonds. The van der Waals surface area contributed by atoms with Crippen molar-refractivity contribution in [1.29, 1.82) is 0 Å². The first-order valence-electron chi connectivity index (χ1n) is 6.14. The zero-order valence-electron chi connectivity index (χ0n) is 10.5. The van der Waals surface area contributed by atoms with Gasteiger partial charge in [0.2, 0.25) is 11.8 Å². The Hall–Kier alpha value is -1.83. The van der Waals surface area contributed by atoms with Gasteiger partial charge in [-0.25, -0.2) is 4.98 Å². The highest BCUT2D eigenvalue weighted by Crippen LogP contribution is 2.18. The van der Waals surface area contributed by atoms with E-state index in [9.17, 15) is 18.0 Å². The number of rotatable bonds is 4. The maximum Gasteiger partial charge on any atom is 0.422 e. The van der Waals surface area contributed by atoms with E-state index in [0.29, 0.717) is 5.69 Å². The number of hydrogen-bond acceptors (Lipinski definition) is 4. The molecule has 1 aromatic heterocycles. The molecule has 8 heteroatoms. The topological polar surface area (TPSA) is 63.2 Å². The van der Waals surface area contributed by atoms with E-state index in [4.69, 9.17) is 0 Å². The van der Waals surface area contributed by atoms with Crippen LogP contribution in [0.25, 0.3) is 0 Å². The molecule has 2 heterocycles. The SMILES string of the molecule is O=C(Nc1ccc(OCC(F)(F)F)nc1)C1CCCN1. The first-order chi connectivity index (χ1) is 9.44. The van der Waals surface area contributed by atoms with Crippen LogP contribution in [0.15, 0.2) is 18.3 Å². The van der Waals surface area contributed by atoms with Crippen molar-refractivity contribution in [2.75, 3.05) is 18.5 Å². The third-order valence-corrected chi connectivity index (χ3v) is 2.76. The summed E-state index contributed by atoms with van der Waals surface area (Å²) < 4.78 is 40.3. The molecule has 2 rings (SSSR count). The highest BCUT2D eigenvalue weighted by Gasteiger charge is 2.28. The molecule has 1 aliphatic heterocycles. The Morgan fingerprint density at radius 3 is 2.85 bits per heavy atom. The standard InChI is InChI=1S/C12H14F3N3O2/c13-12(14,15)7-20-10-4-3-8(6-17-10)18-11(19)9-2-1-5-16-9/h3-4,6,9,16H,1-2,5,7H2,(H,18,19). The van der Waals surface area contributed by atoms with Crippen LogP contribution in [0.4, 0.5) is 18.9 Å². The highest BCUT2D eigenvalue weighted by atomic mass is 19.4. The predicted molar refractivity (Wildman–Crippen MR) is 65.4 cm³/mol. The van der Waals surface area contributed by atoms with E-state index in [1.807, 2.05) is 0 Å². The number of hydrogen-bond donors (Lipinski definition) is 2. The Bertz CT molecular complexity index is 456. The van der Waals surface area contributed by atoms with Crippen LogP contribution >= 0.6 is 0 Å². The fourth-order valence-corrected chi connectivity index (χ4v) is 1.83. The van der Waals surface area contributed by atoms with E-state index in [2.05, 4.69) is 20.4 Å². The van der Waals surface area contributed by atoms with Gasteiger partial charge in [-0.05, 0) is 25.5 Å². The molecule has 5 nitrogen and oxygen atoms in total. The second-order valence-corrected chi connectivity index (χ2v) is 4.43. The van der Waals surface area contributed by atoms with Crippen molar-refractivity contribution in [2.24, 2.45) is 0 Å². The van der Waals surface area contributed by atoms with Crippen molar-refractivity contribution in [1.82, 2.24) is 10.3 Å². The van der Waals surface area contributed by atoms with Gasteiger partial charge in [0.15, 0.2) is 6.61 Å². The van der Waals surface area contributed by atoms with Crippen LogP contribution in [0.2, 0.25) is 0 Å². The molecule has 1 fully saturated rings. The number of pyridine rings is 1. The molecule has 0 bridgehead atoms. The second-order valence-electron chi connectivity index (χ2n) is 4.43. The molecule has 1 atom stereocenters. The number of halogens is 3. The summed E-state index contributed by atoms with van der Waals surface area (Å²) in [4.78, 5) is 15.5. The van der Waals surface area contributed by atoms with Crippen LogP contribution in [0.3, 0.4) is 0 Å². The van der Waals surface area contributed by atoms with Gasteiger partial charge in [0.05, 0.1) is 17.9 Å². The zero-order valence-corrected chi connectivity index (χ0v) is 10.5. The first kappa shape index (κ1) is 14.6. The van der Waals surface area contributed by atoms with Gasteiger partial charge in [-0.15, -0.1) is 0 Å². The lowest BCUT2D eigenvalue weighted by atomic mass is 10.2. The van der Waals surface area contributed by atoms with Gasteiger partial charge in [0.1, 0.15) is 0 Å². The number of anilines is 1. The molecule has 0 saturated carbocycles. The van der Waals surface area contributed by atoms with Gasteiger partial charge >= 0.3 is 6.18 Å². The summed E-state index contributed by atoms with van der Waals surface area (Å²) in [6, 6.07) is 2.51. The van der Waals surface area contributed by atoms with Gasteiger partial charge < -0.3 is 15.4 Å².